The van der Waals surface area contributed by atoms with Gasteiger partial charge in [-0.15, -0.1) is 0 Å². The van der Waals surface area contributed by atoms with Crippen molar-refractivity contribution in [1.29, 1.82) is 0 Å². The van der Waals surface area contributed by atoms with Gasteiger partial charge in [-0.1, -0.05) is 0 Å². The number of carbonyl (C=O) groups is 1. The topological polar surface area (TPSA) is 119 Å². The number of nitro groups is 1. The van der Waals surface area contributed by atoms with Crippen LogP contribution in [0.5, 0.6) is 5.75 Å². The van der Waals surface area contributed by atoms with Gasteiger partial charge in [0.05, 0.1) is 30.9 Å². The zero-order chi connectivity index (χ0) is 16.4. The molecule has 23 heavy (non-hydrogen) atoms. The minimum atomic E-state index is -0.542. The molecule has 1 aliphatic heterocycles. The van der Waals surface area contributed by atoms with Gasteiger partial charge in [-0.3, -0.25) is 20.0 Å². The zero-order valence-electron chi connectivity index (χ0n) is 12.3. The summed E-state index contributed by atoms with van der Waals surface area (Å²) in [4.78, 5) is 22.8. The smallest absolute Gasteiger partial charge is 0.276 e. The Kier molecular flexibility index (Phi) is 3.94. The van der Waals surface area contributed by atoms with Crippen LogP contribution in [-0.2, 0) is 17.8 Å². The Balaban J connectivity index is 1.89. The number of hydrogen-bond acceptors (Lipinski definition) is 6. The van der Waals surface area contributed by atoms with E-state index in [0.29, 0.717) is 30.9 Å². The van der Waals surface area contributed by atoms with Gasteiger partial charge >= 0.3 is 0 Å². The van der Waals surface area contributed by atoms with Crippen molar-refractivity contribution in [3.05, 3.63) is 45.3 Å². The van der Waals surface area contributed by atoms with E-state index in [0.717, 1.165) is 5.69 Å². The monoisotopic (exact) mass is 318 g/mol. The van der Waals surface area contributed by atoms with Gasteiger partial charge in [-0.25, -0.2) is 0 Å². The molecule has 1 aromatic carbocycles. The maximum Gasteiger partial charge on any atom is 0.276 e. The molecule has 0 saturated carbocycles. The zero-order valence-corrected chi connectivity index (χ0v) is 12.3. The van der Waals surface area contributed by atoms with Crippen LogP contribution in [0, 0.1) is 10.1 Å². The lowest BCUT2D eigenvalue weighted by Gasteiger charge is -2.13. The van der Waals surface area contributed by atoms with Crippen LogP contribution >= 0.6 is 0 Å². The number of ether oxygens (including phenoxy) is 2. The van der Waals surface area contributed by atoms with Gasteiger partial charge in [0.1, 0.15) is 5.75 Å². The highest BCUT2D eigenvalue weighted by molar-refractivity contribution is 6.05. The molecule has 0 unspecified atom stereocenters. The van der Waals surface area contributed by atoms with Crippen LogP contribution in [0.15, 0.2) is 18.2 Å². The standard InChI is InChI=1S/C14H14N4O5/c1-22-12-3-2-8(18(20)21)6-11(12)15-14(19)13-9-7-23-5-4-10(9)16-17-13/h2-3,6H,4-5,7H2,1H3,(H,15,19)(H,16,17). The fourth-order valence-electron chi connectivity index (χ4n) is 2.39. The van der Waals surface area contributed by atoms with Gasteiger partial charge < -0.3 is 14.8 Å². The lowest BCUT2D eigenvalue weighted by Crippen LogP contribution is -2.17. The van der Waals surface area contributed by atoms with Crippen molar-refractivity contribution in [3.8, 4) is 5.75 Å². The number of methoxy groups -OCH3 is 1. The van der Waals surface area contributed by atoms with Crippen LogP contribution in [0.3, 0.4) is 0 Å². The highest BCUT2D eigenvalue weighted by Crippen LogP contribution is 2.29. The Bertz CT molecular complexity index is 771. The summed E-state index contributed by atoms with van der Waals surface area (Å²) in [5.74, 6) is -0.156. The molecule has 0 atom stereocenters. The largest absolute Gasteiger partial charge is 0.495 e. The first-order valence-corrected chi connectivity index (χ1v) is 6.87. The van der Waals surface area contributed by atoms with Gasteiger partial charge in [0.2, 0.25) is 0 Å². The molecule has 1 amide bonds. The van der Waals surface area contributed by atoms with E-state index in [1.165, 1.54) is 25.3 Å². The molecular formula is C14H14N4O5. The van der Waals surface area contributed by atoms with E-state index in [1.807, 2.05) is 0 Å². The van der Waals surface area contributed by atoms with Gasteiger partial charge in [0.25, 0.3) is 11.6 Å². The second-order valence-electron chi connectivity index (χ2n) is 4.93. The first-order valence-electron chi connectivity index (χ1n) is 6.87. The number of nitro benzene ring substituents is 1. The van der Waals surface area contributed by atoms with Crippen LogP contribution in [0.2, 0.25) is 0 Å². The number of amides is 1. The number of anilines is 1. The Morgan fingerprint density at radius 2 is 2.35 bits per heavy atom. The first-order chi connectivity index (χ1) is 11.1. The summed E-state index contributed by atoms with van der Waals surface area (Å²) >= 11 is 0. The van der Waals surface area contributed by atoms with Crippen LogP contribution in [0.4, 0.5) is 11.4 Å². The molecule has 2 aromatic rings. The molecule has 1 aromatic heterocycles. The van der Waals surface area contributed by atoms with Crippen molar-refractivity contribution in [2.75, 3.05) is 19.0 Å². The van der Waals surface area contributed by atoms with Crippen molar-refractivity contribution < 1.29 is 19.2 Å². The second kappa shape index (κ2) is 6.05. The van der Waals surface area contributed by atoms with Crippen molar-refractivity contribution in [2.45, 2.75) is 13.0 Å². The maximum atomic E-state index is 12.4. The summed E-state index contributed by atoms with van der Waals surface area (Å²) in [5, 5.41) is 20.3. The maximum absolute atomic E-state index is 12.4. The summed E-state index contributed by atoms with van der Waals surface area (Å²) in [6.45, 7) is 0.885. The third-order valence-corrected chi connectivity index (χ3v) is 3.55. The summed E-state index contributed by atoms with van der Waals surface area (Å²) in [5.41, 5.74) is 1.85. The number of hydrogen-bond donors (Lipinski definition) is 2. The molecule has 0 radical (unpaired) electrons. The number of nitrogens with one attached hydrogen (secondary N) is 2. The molecule has 0 aliphatic carbocycles. The minimum Gasteiger partial charge on any atom is -0.495 e. The number of aromatic amines is 1. The van der Waals surface area contributed by atoms with Crippen LogP contribution < -0.4 is 10.1 Å². The van der Waals surface area contributed by atoms with Crippen molar-refractivity contribution >= 4 is 17.3 Å². The lowest BCUT2D eigenvalue weighted by molar-refractivity contribution is -0.384. The van der Waals surface area contributed by atoms with Crippen LogP contribution in [0.1, 0.15) is 21.7 Å². The van der Waals surface area contributed by atoms with Crippen molar-refractivity contribution in [2.24, 2.45) is 0 Å². The second-order valence-corrected chi connectivity index (χ2v) is 4.93. The fourth-order valence-corrected chi connectivity index (χ4v) is 2.39. The quantitative estimate of drug-likeness (QED) is 0.653. The average molecular weight is 318 g/mol. The van der Waals surface area contributed by atoms with Crippen LogP contribution in [0.25, 0.3) is 0 Å². The normalized spacial score (nSPS) is 13.3. The highest BCUT2D eigenvalue weighted by Gasteiger charge is 2.23. The third kappa shape index (κ3) is 2.86. The number of rotatable bonds is 4. The number of nitrogens with zero attached hydrogens (tertiary/aromatic N) is 2. The number of H-pyrrole nitrogens is 1. The Labute approximate surface area is 130 Å². The minimum absolute atomic E-state index is 0.145. The van der Waals surface area contributed by atoms with E-state index < -0.39 is 10.8 Å². The number of non-ortho nitro benzene ring substituents is 1. The van der Waals surface area contributed by atoms with E-state index in [4.69, 9.17) is 9.47 Å². The highest BCUT2D eigenvalue weighted by atomic mass is 16.6. The number of benzene rings is 1. The van der Waals surface area contributed by atoms with Gasteiger partial charge in [-0.2, -0.15) is 5.10 Å². The molecule has 0 bridgehead atoms. The molecule has 120 valence electrons. The summed E-state index contributed by atoms with van der Waals surface area (Å²) in [6, 6.07) is 3.97. The van der Waals surface area contributed by atoms with E-state index >= 15 is 0 Å². The summed E-state index contributed by atoms with van der Waals surface area (Å²) in [7, 11) is 1.42. The van der Waals surface area contributed by atoms with Gasteiger partial charge in [0, 0.05) is 29.8 Å². The predicted molar refractivity (Wildman–Crippen MR) is 79.5 cm³/mol. The third-order valence-electron chi connectivity index (χ3n) is 3.55. The summed E-state index contributed by atoms with van der Waals surface area (Å²) < 4.78 is 10.5. The van der Waals surface area contributed by atoms with Crippen molar-refractivity contribution in [1.82, 2.24) is 10.2 Å². The van der Waals surface area contributed by atoms with E-state index in [9.17, 15) is 14.9 Å². The summed E-state index contributed by atoms with van der Waals surface area (Å²) in [6.07, 6.45) is 0.662. The van der Waals surface area contributed by atoms with E-state index in [2.05, 4.69) is 15.5 Å². The van der Waals surface area contributed by atoms with Crippen LogP contribution in [-0.4, -0.2) is 34.7 Å². The molecule has 1 aliphatic rings. The number of aromatic nitrogens is 2. The van der Waals surface area contributed by atoms with Gasteiger partial charge in [-0.05, 0) is 6.07 Å². The fraction of sp³-hybridized carbons (Fsp3) is 0.286. The number of carbonyl (C=O) groups excluding carboxylic acids is 1. The van der Waals surface area contributed by atoms with Gasteiger partial charge in [0.15, 0.2) is 5.69 Å². The molecule has 3 rings (SSSR count). The van der Waals surface area contributed by atoms with Crippen molar-refractivity contribution in [3.63, 3.8) is 0 Å². The molecule has 0 fully saturated rings. The molecule has 0 spiro atoms. The first kappa shape index (κ1) is 15.0. The Morgan fingerprint density at radius 3 is 3.09 bits per heavy atom. The Hall–Kier alpha value is -2.94. The predicted octanol–water partition coefficient (Wildman–Crippen LogP) is 1.65. The molecule has 9 nitrogen and oxygen atoms in total. The Morgan fingerprint density at radius 1 is 1.52 bits per heavy atom. The number of fused-ring (bicyclic) bond motifs is 1. The molecule has 0 saturated heterocycles. The SMILES string of the molecule is COc1ccc([N+](=O)[O-])cc1NC(=O)c1n[nH]c2c1COCC2. The van der Waals surface area contributed by atoms with E-state index in [1.54, 1.807) is 0 Å². The molecule has 2 N–H and O–H groups in total. The lowest BCUT2D eigenvalue weighted by atomic mass is 10.1. The molecule has 9 heteroatoms. The van der Waals surface area contributed by atoms with E-state index in [-0.39, 0.29) is 17.1 Å². The molecular weight excluding hydrogens is 304 g/mol. The molecule has 2 heterocycles. The average Bonchev–Trinajstić information content (AvgIpc) is 2.98.